The first-order valence-electron chi connectivity index (χ1n) is 7.03. The molecule has 0 aromatic heterocycles. The van der Waals surface area contributed by atoms with Crippen LogP contribution in [0.4, 0.5) is 0 Å². The van der Waals surface area contributed by atoms with Crippen LogP contribution in [-0.4, -0.2) is 44.7 Å². The van der Waals surface area contributed by atoms with Gasteiger partial charge in [0.2, 0.25) is 0 Å². The summed E-state index contributed by atoms with van der Waals surface area (Å²) in [6, 6.07) is 0. The topological polar surface area (TPSA) is 119 Å². The van der Waals surface area contributed by atoms with E-state index in [1.807, 2.05) is 0 Å². The molecule has 0 atom stereocenters. The lowest BCUT2D eigenvalue weighted by atomic mass is 10.1. The van der Waals surface area contributed by atoms with E-state index in [0.717, 1.165) is 23.9 Å². The van der Waals surface area contributed by atoms with E-state index >= 15 is 0 Å². The molecule has 0 aliphatic rings. The molecule has 0 rings (SSSR count). The van der Waals surface area contributed by atoms with Gasteiger partial charge in [-0.2, -0.15) is 0 Å². The molecule has 0 aromatic carbocycles. The zero-order valence-corrected chi connectivity index (χ0v) is 14.2. The average molecular weight is 330 g/mol. The lowest BCUT2D eigenvalue weighted by molar-refractivity contribution is -2.00. The Labute approximate surface area is 129 Å². The van der Waals surface area contributed by atoms with Crippen LogP contribution in [0.5, 0.6) is 0 Å². The molecule has 7 nitrogen and oxygen atoms in total. The zero-order chi connectivity index (χ0) is 16.9. The van der Waals surface area contributed by atoms with E-state index < -0.39 is 10.2 Å². The highest BCUT2D eigenvalue weighted by Crippen LogP contribution is 2.05. The summed E-state index contributed by atoms with van der Waals surface area (Å²) in [7, 11) is 1.34. The molecule has 0 unspecified atom stereocenters. The van der Waals surface area contributed by atoms with E-state index in [1.165, 1.54) is 19.3 Å². The van der Waals surface area contributed by atoms with Gasteiger partial charge in [0.05, 0.1) is 21.1 Å². The van der Waals surface area contributed by atoms with Gasteiger partial charge < -0.3 is 9.22 Å². The van der Waals surface area contributed by atoms with Crippen LogP contribution in [0.25, 0.3) is 0 Å². The fourth-order valence-electron chi connectivity index (χ4n) is 1.38. The molecule has 0 bridgehead atoms. The van der Waals surface area contributed by atoms with Crippen LogP contribution in [0.15, 0.2) is 0 Å². The molecule has 8 heteroatoms. The normalized spacial score (nSPS) is 11.6. The van der Waals surface area contributed by atoms with Crippen LogP contribution < -0.4 is 18.6 Å². The van der Waals surface area contributed by atoms with Gasteiger partial charge in [0.25, 0.3) is 0 Å². The summed E-state index contributed by atoms with van der Waals surface area (Å²) in [5.41, 5.74) is 0. The monoisotopic (exact) mass is 329 g/mol. The standard InChI is InChI=1S/C13H28NO2.ClHO4/c1-5-6-7-8-9-10-13(15)16-12-11-14(2,3)4;2-1(3,4)5/h5-12H2,1-4H3;(H,2,3,4,5)/q+1;/p-1. The predicted octanol–water partition coefficient (Wildman–Crippen LogP) is -2.16. The summed E-state index contributed by atoms with van der Waals surface area (Å²) in [6.45, 7) is 3.61. The number of carbonyl (C=O) groups is 1. The molecule has 0 saturated carbocycles. The van der Waals surface area contributed by atoms with Crippen molar-refractivity contribution < 1.29 is 42.9 Å². The number of rotatable bonds is 9. The number of ether oxygens (including phenoxy) is 1. The van der Waals surface area contributed by atoms with E-state index in [1.54, 1.807) is 0 Å². The number of likely N-dealkylation sites (N-methyl/N-ethyl adjacent to an activating group) is 1. The molecule has 0 radical (unpaired) electrons. The Balaban J connectivity index is 0. The highest BCUT2D eigenvalue weighted by Gasteiger charge is 2.08. The van der Waals surface area contributed by atoms with E-state index in [0.29, 0.717) is 13.0 Å². The molecule has 0 aromatic rings. The van der Waals surface area contributed by atoms with Gasteiger partial charge in [-0.15, -0.1) is 10.2 Å². The van der Waals surface area contributed by atoms with Crippen LogP contribution in [0.1, 0.15) is 45.4 Å². The molecule has 0 aliphatic carbocycles. The summed E-state index contributed by atoms with van der Waals surface area (Å²) in [5.74, 6) is -0.0371. The third kappa shape index (κ3) is 32.8. The minimum absolute atomic E-state index is 0.0371. The first kappa shape index (κ1) is 22.8. The number of hydrogen-bond donors (Lipinski definition) is 0. The second-order valence-electron chi connectivity index (χ2n) is 5.78. The van der Waals surface area contributed by atoms with Gasteiger partial charge in [0, 0.05) is 6.42 Å². The van der Waals surface area contributed by atoms with Crippen molar-refractivity contribution in [1.29, 1.82) is 0 Å². The van der Waals surface area contributed by atoms with Crippen LogP contribution in [0.2, 0.25) is 0 Å². The Bertz CT molecular complexity index is 256. The predicted molar refractivity (Wildman–Crippen MR) is 67.2 cm³/mol. The van der Waals surface area contributed by atoms with Gasteiger partial charge in [-0.3, -0.25) is 4.79 Å². The Hall–Kier alpha value is -0.440. The fourth-order valence-corrected chi connectivity index (χ4v) is 1.38. The highest BCUT2D eigenvalue weighted by molar-refractivity contribution is 5.69. The second-order valence-corrected chi connectivity index (χ2v) is 6.53. The van der Waals surface area contributed by atoms with E-state index in [4.69, 9.17) is 23.4 Å². The average Bonchev–Trinajstić information content (AvgIpc) is 2.24. The van der Waals surface area contributed by atoms with Crippen LogP contribution in [-0.2, 0) is 9.53 Å². The van der Waals surface area contributed by atoms with Crippen molar-refractivity contribution >= 4 is 5.97 Å². The molecule has 0 spiro atoms. The number of esters is 1. The smallest absolute Gasteiger partial charge is 0.305 e. The molecule has 0 N–H and O–H groups in total. The SMILES string of the molecule is CCCCCCCC(=O)OCC[N+](C)(C)C.[O-][Cl+3]([O-])([O-])[O-]. The van der Waals surface area contributed by atoms with Gasteiger partial charge in [0.1, 0.15) is 13.2 Å². The Morgan fingerprint density at radius 2 is 1.48 bits per heavy atom. The van der Waals surface area contributed by atoms with Crippen LogP contribution in [0, 0.1) is 10.2 Å². The molecular weight excluding hydrogens is 302 g/mol. The van der Waals surface area contributed by atoms with Crippen molar-refractivity contribution in [3.63, 3.8) is 0 Å². The molecule has 0 heterocycles. The first-order chi connectivity index (χ1) is 9.45. The summed E-state index contributed by atoms with van der Waals surface area (Å²) in [6.07, 6.45) is 6.47. The Morgan fingerprint density at radius 1 is 1.00 bits per heavy atom. The van der Waals surface area contributed by atoms with Gasteiger partial charge in [-0.05, 0) is 6.42 Å². The number of quaternary nitrogens is 1. The number of hydrogen-bond acceptors (Lipinski definition) is 6. The van der Waals surface area contributed by atoms with Gasteiger partial charge >= 0.3 is 5.97 Å². The van der Waals surface area contributed by atoms with Crippen molar-refractivity contribution in [3.8, 4) is 0 Å². The molecule has 21 heavy (non-hydrogen) atoms. The van der Waals surface area contributed by atoms with Crippen LogP contribution >= 0.6 is 0 Å². The minimum Gasteiger partial charge on any atom is -0.460 e. The van der Waals surface area contributed by atoms with Gasteiger partial charge in [-0.25, -0.2) is 18.6 Å². The lowest BCUT2D eigenvalue weighted by Gasteiger charge is -2.23. The summed E-state index contributed by atoms with van der Waals surface area (Å²) >= 11 is 0. The minimum atomic E-state index is -4.94. The van der Waals surface area contributed by atoms with Crippen molar-refractivity contribution in [2.24, 2.45) is 0 Å². The third-order valence-electron chi connectivity index (χ3n) is 2.51. The Morgan fingerprint density at radius 3 is 1.90 bits per heavy atom. The number of halogens is 1. The lowest BCUT2D eigenvalue weighted by Crippen LogP contribution is -2.68. The summed E-state index contributed by atoms with van der Waals surface area (Å²) in [5, 5.41) is 0. The molecule has 0 saturated heterocycles. The first-order valence-corrected chi connectivity index (χ1v) is 8.27. The zero-order valence-electron chi connectivity index (χ0n) is 13.4. The summed E-state index contributed by atoms with van der Waals surface area (Å²) in [4.78, 5) is 11.3. The highest BCUT2D eigenvalue weighted by atomic mass is 35.7. The number of nitrogens with zero attached hydrogens (tertiary/aromatic N) is 1. The van der Waals surface area contributed by atoms with E-state index in [9.17, 15) is 4.79 Å². The maximum Gasteiger partial charge on any atom is 0.305 e. The number of carbonyl (C=O) groups excluding carboxylic acids is 1. The molecule has 128 valence electrons. The second kappa shape index (κ2) is 12.1. The van der Waals surface area contributed by atoms with E-state index in [-0.39, 0.29) is 5.97 Å². The van der Waals surface area contributed by atoms with Crippen molar-refractivity contribution in [3.05, 3.63) is 0 Å². The fraction of sp³-hybridized carbons (Fsp3) is 0.923. The van der Waals surface area contributed by atoms with E-state index in [2.05, 4.69) is 28.1 Å². The van der Waals surface area contributed by atoms with Crippen LogP contribution in [0.3, 0.4) is 0 Å². The quantitative estimate of drug-likeness (QED) is 0.270. The summed E-state index contributed by atoms with van der Waals surface area (Å²) < 4.78 is 40.0. The van der Waals surface area contributed by atoms with Gasteiger partial charge in [0.15, 0.2) is 0 Å². The molecule has 0 fully saturated rings. The Kier molecular flexibility index (Phi) is 13.2. The van der Waals surface area contributed by atoms with Crippen molar-refractivity contribution in [2.45, 2.75) is 45.4 Å². The molecule has 0 amide bonds. The maximum atomic E-state index is 11.3. The number of unbranched alkanes of at least 4 members (excludes halogenated alkanes) is 4. The van der Waals surface area contributed by atoms with Crippen molar-refractivity contribution in [2.75, 3.05) is 34.3 Å². The van der Waals surface area contributed by atoms with Gasteiger partial charge in [-0.1, -0.05) is 32.6 Å². The largest absolute Gasteiger partial charge is 0.460 e. The van der Waals surface area contributed by atoms with Crippen molar-refractivity contribution in [1.82, 2.24) is 0 Å². The molecular formula is C13H28ClNO6. The molecule has 0 aliphatic heterocycles. The maximum absolute atomic E-state index is 11.3. The third-order valence-corrected chi connectivity index (χ3v) is 2.51.